The van der Waals surface area contributed by atoms with E-state index in [1.807, 2.05) is 18.2 Å². The Bertz CT molecular complexity index is 473. The molecule has 1 N–H and O–H groups in total. The standard InChI is InChI=1S/C17H27N3O/c1-14(2)20-10-6-9-19(11-12-20)13-16-7-4-5-8-17(16)18-15(3)21/h4-5,7-8,14H,6,9-13H2,1-3H3,(H,18,21). The highest BCUT2D eigenvalue weighted by molar-refractivity contribution is 5.89. The van der Waals surface area contributed by atoms with Crippen molar-refractivity contribution in [3.05, 3.63) is 29.8 Å². The number of benzene rings is 1. The maximum Gasteiger partial charge on any atom is 0.221 e. The van der Waals surface area contributed by atoms with Gasteiger partial charge in [-0.2, -0.15) is 0 Å². The van der Waals surface area contributed by atoms with Crippen LogP contribution in [0.5, 0.6) is 0 Å². The van der Waals surface area contributed by atoms with Crippen LogP contribution in [0.2, 0.25) is 0 Å². The highest BCUT2D eigenvalue weighted by atomic mass is 16.1. The van der Waals surface area contributed by atoms with Gasteiger partial charge in [-0.3, -0.25) is 14.6 Å². The maximum absolute atomic E-state index is 11.3. The lowest BCUT2D eigenvalue weighted by Gasteiger charge is -2.25. The lowest BCUT2D eigenvalue weighted by atomic mass is 10.1. The molecule has 21 heavy (non-hydrogen) atoms. The minimum atomic E-state index is -0.00991. The van der Waals surface area contributed by atoms with Crippen LogP contribution in [0.25, 0.3) is 0 Å². The lowest BCUT2D eigenvalue weighted by molar-refractivity contribution is -0.114. The third-order valence-electron chi connectivity index (χ3n) is 4.08. The fraction of sp³-hybridized carbons (Fsp3) is 0.588. The summed E-state index contributed by atoms with van der Waals surface area (Å²) in [5.41, 5.74) is 2.14. The Balaban J connectivity index is 2.00. The van der Waals surface area contributed by atoms with E-state index in [1.54, 1.807) is 6.92 Å². The zero-order chi connectivity index (χ0) is 15.2. The van der Waals surface area contributed by atoms with E-state index < -0.39 is 0 Å². The first-order valence-corrected chi connectivity index (χ1v) is 7.88. The molecule has 0 bridgehead atoms. The summed E-state index contributed by atoms with van der Waals surface area (Å²) in [6.07, 6.45) is 1.21. The number of carbonyl (C=O) groups is 1. The molecule has 1 fully saturated rings. The molecule has 0 saturated carbocycles. The quantitative estimate of drug-likeness (QED) is 0.925. The van der Waals surface area contributed by atoms with Gasteiger partial charge in [0.05, 0.1) is 0 Å². The molecule has 1 aromatic rings. The number of hydrogen-bond donors (Lipinski definition) is 1. The summed E-state index contributed by atoms with van der Waals surface area (Å²) in [4.78, 5) is 16.3. The molecule has 1 aliphatic rings. The predicted molar refractivity (Wildman–Crippen MR) is 87.3 cm³/mol. The number of para-hydroxylation sites is 1. The molecule has 1 heterocycles. The molecular weight excluding hydrogens is 262 g/mol. The van der Waals surface area contributed by atoms with Crippen LogP contribution >= 0.6 is 0 Å². The van der Waals surface area contributed by atoms with Gasteiger partial charge in [-0.15, -0.1) is 0 Å². The van der Waals surface area contributed by atoms with Gasteiger partial charge in [-0.25, -0.2) is 0 Å². The van der Waals surface area contributed by atoms with Crippen LogP contribution in [0.1, 0.15) is 32.8 Å². The topological polar surface area (TPSA) is 35.6 Å². The monoisotopic (exact) mass is 289 g/mol. The molecule has 0 unspecified atom stereocenters. The van der Waals surface area contributed by atoms with Crippen molar-refractivity contribution in [1.82, 2.24) is 9.80 Å². The normalized spacial score (nSPS) is 17.7. The van der Waals surface area contributed by atoms with Crippen LogP contribution in [0.4, 0.5) is 5.69 Å². The van der Waals surface area contributed by atoms with Crippen LogP contribution in [-0.2, 0) is 11.3 Å². The first-order valence-electron chi connectivity index (χ1n) is 7.88. The average molecular weight is 289 g/mol. The Morgan fingerprint density at radius 3 is 2.67 bits per heavy atom. The van der Waals surface area contributed by atoms with Gasteiger partial charge < -0.3 is 5.32 Å². The Kier molecular flexibility index (Phi) is 5.76. The zero-order valence-corrected chi connectivity index (χ0v) is 13.4. The second-order valence-corrected chi connectivity index (χ2v) is 6.10. The smallest absolute Gasteiger partial charge is 0.221 e. The summed E-state index contributed by atoms with van der Waals surface area (Å²) < 4.78 is 0. The predicted octanol–water partition coefficient (Wildman–Crippen LogP) is 2.56. The number of anilines is 1. The third-order valence-corrected chi connectivity index (χ3v) is 4.08. The average Bonchev–Trinajstić information content (AvgIpc) is 2.66. The molecule has 1 saturated heterocycles. The van der Waals surface area contributed by atoms with Gasteiger partial charge in [0.1, 0.15) is 0 Å². The molecule has 0 spiro atoms. The van der Waals surface area contributed by atoms with Crippen LogP contribution in [-0.4, -0.2) is 47.9 Å². The van der Waals surface area contributed by atoms with Crippen LogP contribution in [0.3, 0.4) is 0 Å². The molecule has 1 aliphatic heterocycles. The molecule has 0 atom stereocenters. The van der Waals surface area contributed by atoms with Crippen LogP contribution in [0.15, 0.2) is 24.3 Å². The van der Waals surface area contributed by atoms with E-state index in [9.17, 15) is 4.79 Å². The van der Waals surface area contributed by atoms with Crippen LogP contribution in [0, 0.1) is 0 Å². The second kappa shape index (κ2) is 7.57. The molecule has 1 amide bonds. The van der Waals surface area contributed by atoms with Crippen molar-refractivity contribution < 1.29 is 4.79 Å². The Hall–Kier alpha value is -1.39. The fourth-order valence-corrected chi connectivity index (χ4v) is 2.88. The van der Waals surface area contributed by atoms with Gasteiger partial charge in [-0.05, 0) is 45.0 Å². The van der Waals surface area contributed by atoms with E-state index in [0.717, 1.165) is 31.9 Å². The van der Waals surface area contributed by atoms with Crippen molar-refractivity contribution in [1.29, 1.82) is 0 Å². The zero-order valence-electron chi connectivity index (χ0n) is 13.4. The minimum absolute atomic E-state index is 0.00991. The van der Waals surface area contributed by atoms with Gasteiger partial charge in [0, 0.05) is 38.3 Å². The van der Waals surface area contributed by atoms with Crippen LogP contribution < -0.4 is 5.32 Å². The Morgan fingerprint density at radius 1 is 1.19 bits per heavy atom. The van der Waals surface area contributed by atoms with E-state index in [-0.39, 0.29) is 5.91 Å². The van der Waals surface area contributed by atoms with Crippen molar-refractivity contribution in [3.63, 3.8) is 0 Å². The van der Waals surface area contributed by atoms with E-state index in [1.165, 1.54) is 18.5 Å². The number of rotatable bonds is 4. The highest BCUT2D eigenvalue weighted by Crippen LogP contribution is 2.18. The third kappa shape index (κ3) is 4.83. The van der Waals surface area contributed by atoms with Crippen molar-refractivity contribution in [2.24, 2.45) is 0 Å². The van der Waals surface area contributed by atoms with E-state index in [0.29, 0.717) is 6.04 Å². The largest absolute Gasteiger partial charge is 0.326 e. The summed E-state index contributed by atoms with van der Waals surface area (Å²) in [5.74, 6) is -0.00991. The van der Waals surface area contributed by atoms with Crippen molar-refractivity contribution in [2.75, 3.05) is 31.5 Å². The molecule has 0 aromatic heterocycles. The molecule has 4 heteroatoms. The molecule has 0 radical (unpaired) electrons. The first-order chi connectivity index (χ1) is 10.1. The molecule has 2 rings (SSSR count). The van der Waals surface area contributed by atoms with Gasteiger partial charge >= 0.3 is 0 Å². The lowest BCUT2D eigenvalue weighted by Crippen LogP contribution is -2.35. The van der Waals surface area contributed by atoms with Gasteiger partial charge in [0.25, 0.3) is 0 Å². The summed E-state index contributed by atoms with van der Waals surface area (Å²) >= 11 is 0. The van der Waals surface area contributed by atoms with E-state index in [2.05, 4.69) is 35.0 Å². The Labute approximate surface area is 128 Å². The summed E-state index contributed by atoms with van der Waals surface area (Å²) in [6.45, 7) is 11.5. The van der Waals surface area contributed by atoms with E-state index in [4.69, 9.17) is 0 Å². The molecule has 4 nitrogen and oxygen atoms in total. The van der Waals surface area contributed by atoms with Gasteiger partial charge in [-0.1, -0.05) is 18.2 Å². The molecule has 116 valence electrons. The fourth-order valence-electron chi connectivity index (χ4n) is 2.88. The van der Waals surface area contributed by atoms with Crippen molar-refractivity contribution in [2.45, 2.75) is 39.8 Å². The van der Waals surface area contributed by atoms with Crippen molar-refractivity contribution >= 4 is 11.6 Å². The van der Waals surface area contributed by atoms with Crippen molar-refractivity contribution in [3.8, 4) is 0 Å². The first kappa shape index (κ1) is 16.0. The minimum Gasteiger partial charge on any atom is -0.326 e. The highest BCUT2D eigenvalue weighted by Gasteiger charge is 2.17. The van der Waals surface area contributed by atoms with Gasteiger partial charge in [0.15, 0.2) is 0 Å². The molecule has 1 aromatic carbocycles. The second-order valence-electron chi connectivity index (χ2n) is 6.10. The number of nitrogens with one attached hydrogen (secondary N) is 1. The Morgan fingerprint density at radius 2 is 1.95 bits per heavy atom. The number of carbonyl (C=O) groups excluding carboxylic acids is 1. The number of nitrogens with zero attached hydrogens (tertiary/aromatic N) is 2. The summed E-state index contributed by atoms with van der Waals surface area (Å²) in [6, 6.07) is 8.72. The number of amides is 1. The molecule has 0 aliphatic carbocycles. The van der Waals surface area contributed by atoms with Gasteiger partial charge in [0.2, 0.25) is 5.91 Å². The van der Waals surface area contributed by atoms with E-state index >= 15 is 0 Å². The summed E-state index contributed by atoms with van der Waals surface area (Å²) in [7, 11) is 0. The number of hydrogen-bond acceptors (Lipinski definition) is 3. The molecular formula is C17H27N3O. The maximum atomic E-state index is 11.3. The summed E-state index contributed by atoms with van der Waals surface area (Å²) in [5, 5.41) is 2.93. The SMILES string of the molecule is CC(=O)Nc1ccccc1CN1CCCN(C(C)C)CC1.